The van der Waals surface area contributed by atoms with Gasteiger partial charge in [0.15, 0.2) is 6.10 Å². The van der Waals surface area contributed by atoms with Crippen molar-refractivity contribution in [2.75, 3.05) is 13.2 Å². The topological polar surface area (TPSA) is 78.9 Å². The molecule has 0 unspecified atom stereocenters. The molecule has 0 aliphatic carbocycles. The molecule has 0 aromatic heterocycles. The van der Waals surface area contributed by atoms with Crippen molar-refractivity contribution in [1.82, 2.24) is 0 Å². The fourth-order valence-electron chi connectivity index (χ4n) is 6.53. The van der Waals surface area contributed by atoms with Gasteiger partial charge >= 0.3 is 17.9 Å². The summed E-state index contributed by atoms with van der Waals surface area (Å²) in [4.78, 5) is 38.0. The molecule has 0 bridgehead atoms. The van der Waals surface area contributed by atoms with E-state index in [-0.39, 0.29) is 38.0 Å². The van der Waals surface area contributed by atoms with Crippen LogP contribution in [0.3, 0.4) is 0 Å². The maximum absolute atomic E-state index is 12.8. The quantitative estimate of drug-likeness (QED) is 0.0262. The molecule has 6 nitrogen and oxygen atoms in total. The number of ether oxygens (including phenoxy) is 3. The lowest BCUT2D eigenvalue weighted by Gasteiger charge is -2.18. The van der Waals surface area contributed by atoms with Gasteiger partial charge in [-0.05, 0) is 128 Å². The first-order chi connectivity index (χ1) is 34.0. The molecule has 0 rings (SSSR count). The van der Waals surface area contributed by atoms with E-state index in [9.17, 15) is 14.4 Å². The summed E-state index contributed by atoms with van der Waals surface area (Å²) in [5.41, 5.74) is 0. The van der Waals surface area contributed by atoms with Crippen LogP contribution in [0.2, 0.25) is 0 Å². The van der Waals surface area contributed by atoms with Gasteiger partial charge < -0.3 is 14.2 Å². The molecule has 0 fully saturated rings. The highest BCUT2D eigenvalue weighted by molar-refractivity contribution is 5.71. The molecule has 0 saturated heterocycles. The predicted octanol–water partition coefficient (Wildman–Crippen LogP) is 18.2. The maximum Gasteiger partial charge on any atom is 0.306 e. The van der Waals surface area contributed by atoms with Crippen molar-refractivity contribution in [3.63, 3.8) is 0 Å². The Morgan fingerprint density at radius 3 is 1.01 bits per heavy atom. The number of esters is 3. The van der Waals surface area contributed by atoms with E-state index in [1.54, 1.807) is 0 Å². The number of carbonyl (C=O) groups is 3. The second kappa shape index (κ2) is 55.6. The first-order valence-electron chi connectivity index (χ1n) is 27.0. The third-order valence-corrected chi connectivity index (χ3v) is 10.5. The van der Waals surface area contributed by atoms with E-state index >= 15 is 0 Å². The Kier molecular flexibility index (Phi) is 51.6. The highest BCUT2D eigenvalue weighted by atomic mass is 16.6. The fourth-order valence-corrected chi connectivity index (χ4v) is 6.53. The summed E-state index contributed by atoms with van der Waals surface area (Å²) in [6, 6.07) is 0. The zero-order valence-electron chi connectivity index (χ0n) is 43.8. The summed E-state index contributed by atoms with van der Waals surface area (Å²) < 4.78 is 16.7. The molecule has 0 aliphatic heterocycles. The van der Waals surface area contributed by atoms with Crippen LogP contribution in [-0.2, 0) is 28.6 Å². The molecule has 0 aromatic carbocycles. The summed E-state index contributed by atoms with van der Waals surface area (Å²) in [5.74, 6) is -1.11. The molecule has 0 spiro atoms. The summed E-state index contributed by atoms with van der Waals surface area (Å²) in [6.07, 6.45) is 81.0. The molecule has 0 N–H and O–H groups in total. The lowest BCUT2D eigenvalue weighted by Crippen LogP contribution is -2.30. The van der Waals surface area contributed by atoms with Crippen LogP contribution < -0.4 is 0 Å². The number of carbonyl (C=O) groups excluding carboxylic acids is 3. The number of hydrogen-bond acceptors (Lipinski definition) is 6. The Hall–Kier alpha value is -4.97. The van der Waals surface area contributed by atoms with Crippen molar-refractivity contribution in [2.45, 2.75) is 207 Å². The largest absolute Gasteiger partial charge is 0.462 e. The second-order valence-electron chi connectivity index (χ2n) is 17.0. The predicted molar refractivity (Wildman–Crippen MR) is 297 cm³/mol. The summed E-state index contributed by atoms with van der Waals surface area (Å²) >= 11 is 0. The highest BCUT2D eigenvalue weighted by Gasteiger charge is 2.19. The van der Waals surface area contributed by atoms with E-state index in [4.69, 9.17) is 14.2 Å². The molecular weight excluding hydrogens is 853 g/mol. The molecule has 0 aromatic rings. The average Bonchev–Trinajstić information content (AvgIpc) is 3.35. The molecule has 6 heteroatoms. The van der Waals surface area contributed by atoms with Gasteiger partial charge in [-0.1, -0.05) is 211 Å². The van der Waals surface area contributed by atoms with E-state index in [2.05, 4.69) is 167 Å². The van der Waals surface area contributed by atoms with Crippen molar-refractivity contribution >= 4 is 17.9 Å². The minimum absolute atomic E-state index is 0.140. The highest BCUT2D eigenvalue weighted by Crippen LogP contribution is 2.11. The standard InChI is InChI=1S/C63H96O6/c1-4-7-10-13-16-19-22-25-28-30-31-33-35-38-41-44-47-50-53-56-62(65)68-59-60(58-67-61(64)55-52-49-46-43-40-37-34-27-24-21-18-15-12-9-6-3)69-63(66)57-54-51-48-45-42-39-36-32-29-26-23-20-17-14-11-8-5-2/h8-9,11-12,16-21,25-29,31,33-34,36,38-39,41,45,47-48,50,60H,4-7,10,13-15,22-24,30,32,35,37,40,42-44,46,49,51-59H2,1-3H3/b11-8-,12-9-,19-16-,20-17-,21-18-,28-25-,29-26-,33-31-,34-27-,39-36-,41-38-,48-45-,50-47-/t60-/m1/s1. The Morgan fingerprint density at radius 1 is 0.304 bits per heavy atom. The molecular formula is C63H96O6. The monoisotopic (exact) mass is 949 g/mol. The van der Waals surface area contributed by atoms with Crippen molar-refractivity contribution in [3.8, 4) is 0 Å². The molecule has 0 aliphatic rings. The summed E-state index contributed by atoms with van der Waals surface area (Å²) in [6.45, 7) is 6.23. The summed E-state index contributed by atoms with van der Waals surface area (Å²) in [7, 11) is 0. The maximum atomic E-state index is 12.8. The first kappa shape index (κ1) is 64.0. The zero-order chi connectivity index (χ0) is 50.0. The van der Waals surface area contributed by atoms with Gasteiger partial charge in [0, 0.05) is 19.3 Å². The number of rotatable bonds is 46. The SMILES string of the molecule is CC/C=C\C/C=C\C/C=C\C/C=C\C/C=C\CCCC(=O)O[C@@H](COC(=O)CC/C=C\C/C=C\C/C=C\C/C=C\C/C=C\CCCCC)COC(=O)CCCCCCC/C=C\C/C=C\C/C=C\CC. The molecule has 0 saturated carbocycles. The zero-order valence-corrected chi connectivity index (χ0v) is 43.8. The van der Waals surface area contributed by atoms with Gasteiger partial charge in [0.2, 0.25) is 0 Å². The van der Waals surface area contributed by atoms with Crippen molar-refractivity contribution in [3.05, 3.63) is 158 Å². The average molecular weight is 949 g/mol. The van der Waals surface area contributed by atoms with Crippen molar-refractivity contribution in [1.29, 1.82) is 0 Å². The normalized spacial score (nSPS) is 13.4. The number of hydrogen-bond donors (Lipinski definition) is 0. The first-order valence-corrected chi connectivity index (χ1v) is 27.0. The minimum Gasteiger partial charge on any atom is -0.462 e. The number of allylic oxidation sites excluding steroid dienone is 26. The fraction of sp³-hybridized carbons (Fsp3) is 0.540. The Bertz CT molecular complexity index is 1610. The van der Waals surface area contributed by atoms with Gasteiger partial charge in [-0.3, -0.25) is 14.4 Å². The Morgan fingerprint density at radius 2 is 0.609 bits per heavy atom. The van der Waals surface area contributed by atoms with Crippen molar-refractivity contribution < 1.29 is 28.6 Å². The van der Waals surface area contributed by atoms with Gasteiger partial charge in [-0.2, -0.15) is 0 Å². The minimum atomic E-state index is -0.853. The number of unbranched alkanes of at least 4 members (excludes halogenated alkanes) is 9. The Labute approximate surface area is 422 Å². The molecule has 1 atom stereocenters. The second-order valence-corrected chi connectivity index (χ2v) is 17.0. The smallest absolute Gasteiger partial charge is 0.306 e. The molecule has 0 radical (unpaired) electrons. The molecule has 69 heavy (non-hydrogen) atoms. The van der Waals surface area contributed by atoms with E-state index < -0.39 is 12.1 Å². The van der Waals surface area contributed by atoms with Crippen LogP contribution in [-0.4, -0.2) is 37.2 Å². The molecule has 0 amide bonds. The van der Waals surface area contributed by atoms with Crippen molar-refractivity contribution in [2.24, 2.45) is 0 Å². The Balaban J connectivity index is 4.65. The molecule has 0 heterocycles. The van der Waals surface area contributed by atoms with E-state index in [0.29, 0.717) is 19.3 Å². The van der Waals surface area contributed by atoms with E-state index in [1.165, 1.54) is 25.7 Å². The van der Waals surface area contributed by atoms with E-state index in [1.807, 2.05) is 12.2 Å². The van der Waals surface area contributed by atoms with Gasteiger partial charge in [-0.25, -0.2) is 0 Å². The van der Waals surface area contributed by atoms with Gasteiger partial charge in [-0.15, -0.1) is 0 Å². The van der Waals surface area contributed by atoms with Gasteiger partial charge in [0.1, 0.15) is 13.2 Å². The van der Waals surface area contributed by atoms with Crippen LogP contribution in [0.15, 0.2) is 158 Å². The van der Waals surface area contributed by atoms with Crippen LogP contribution in [0.1, 0.15) is 201 Å². The lowest BCUT2D eigenvalue weighted by molar-refractivity contribution is -0.166. The summed E-state index contributed by atoms with van der Waals surface area (Å²) in [5, 5.41) is 0. The van der Waals surface area contributed by atoms with E-state index in [0.717, 1.165) is 122 Å². The lowest BCUT2D eigenvalue weighted by atomic mass is 10.1. The third kappa shape index (κ3) is 53.8. The van der Waals surface area contributed by atoms with Crippen LogP contribution in [0.5, 0.6) is 0 Å². The van der Waals surface area contributed by atoms with Crippen LogP contribution in [0.25, 0.3) is 0 Å². The molecule has 384 valence electrons. The van der Waals surface area contributed by atoms with Gasteiger partial charge in [0.25, 0.3) is 0 Å². The van der Waals surface area contributed by atoms with Gasteiger partial charge in [0.05, 0.1) is 0 Å². The van der Waals surface area contributed by atoms with Crippen LogP contribution in [0, 0.1) is 0 Å². The van der Waals surface area contributed by atoms with Crippen LogP contribution in [0.4, 0.5) is 0 Å². The third-order valence-electron chi connectivity index (χ3n) is 10.5. The van der Waals surface area contributed by atoms with Crippen LogP contribution >= 0.6 is 0 Å².